The molecule has 0 aromatic heterocycles. The average Bonchev–Trinajstić information content (AvgIpc) is 2.54. The minimum Gasteiger partial charge on any atom is -0.496 e. The molecule has 3 nitrogen and oxygen atoms in total. The molecule has 0 atom stereocenters. The maximum Gasteiger partial charge on any atom is 0.123 e. The van der Waals surface area contributed by atoms with Crippen LogP contribution in [0, 0.1) is 0 Å². The molecule has 2 N–H and O–H groups in total. The van der Waals surface area contributed by atoms with Gasteiger partial charge < -0.3 is 10.5 Å². The molecule has 0 saturated heterocycles. The Kier molecular flexibility index (Phi) is 4.23. The SMILES string of the molecule is COc1ccc(CN)cc1CN1CCc2ccccc2C1. The van der Waals surface area contributed by atoms with E-state index in [0.29, 0.717) is 6.54 Å². The van der Waals surface area contributed by atoms with Crippen LogP contribution in [0.3, 0.4) is 0 Å². The zero-order chi connectivity index (χ0) is 14.7. The molecule has 110 valence electrons. The average molecular weight is 282 g/mol. The third-order valence-corrected chi connectivity index (χ3v) is 4.18. The molecule has 2 aromatic carbocycles. The molecule has 0 bridgehead atoms. The molecule has 21 heavy (non-hydrogen) atoms. The van der Waals surface area contributed by atoms with E-state index in [4.69, 9.17) is 10.5 Å². The second kappa shape index (κ2) is 6.29. The topological polar surface area (TPSA) is 38.5 Å². The van der Waals surface area contributed by atoms with Gasteiger partial charge in [0.2, 0.25) is 0 Å². The Balaban J connectivity index is 1.78. The Morgan fingerprint density at radius 1 is 1.14 bits per heavy atom. The van der Waals surface area contributed by atoms with E-state index < -0.39 is 0 Å². The van der Waals surface area contributed by atoms with Crippen molar-refractivity contribution in [2.24, 2.45) is 5.73 Å². The van der Waals surface area contributed by atoms with Crippen LogP contribution in [0.2, 0.25) is 0 Å². The van der Waals surface area contributed by atoms with Crippen LogP contribution in [-0.2, 0) is 26.1 Å². The van der Waals surface area contributed by atoms with E-state index in [1.165, 1.54) is 16.7 Å². The van der Waals surface area contributed by atoms with Crippen molar-refractivity contribution in [3.8, 4) is 5.75 Å². The predicted octanol–water partition coefficient (Wildman–Crippen LogP) is 2.71. The largest absolute Gasteiger partial charge is 0.496 e. The quantitative estimate of drug-likeness (QED) is 0.937. The minimum atomic E-state index is 0.569. The van der Waals surface area contributed by atoms with E-state index in [1.807, 2.05) is 12.1 Å². The van der Waals surface area contributed by atoms with Crippen LogP contribution < -0.4 is 10.5 Å². The number of hydrogen-bond acceptors (Lipinski definition) is 3. The first-order chi connectivity index (χ1) is 10.3. The molecule has 1 heterocycles. The van der Waals surface area contributed by atoms with E-state index in [-0.39, 0.29) is 0 Å². The minimum absolute atomic E-state index is 0.569. The van der Waals surface area contributed by atoms with Gasteiger partial charge in [-0.3, -0.25) is 4.90 Å². The molecule has 3 heteroatoms. The molecule has 0 unspecified atom stereocenters. The van der Waals surface area contributed by atoms with Gasteiger partial charge in [0.25, 0.3) is 0 Å². The molecular weight excluding hydrogens is 260 g/mol. The van der Waals surface area contributed by atoms with Gasteiger partial charge in [-0.25, -0.2) is 0 Å². The zero-order valence-corrected chi connectivity index (χ0v) is 12.5. The summed E-state index contributed by atoms with van der Waals surface area (Å²) in [5.41, 5.74) is 11.1. The molecule has 1 aliphatic heterocycles. The Morgan fingerprint density at radius 3 is 2.71 bits per heavy atom. The number of nitrogens with zero attached hydrogens (tertiary/aromatic N) is 1. The molecule has 0 aliphatic carbocycles. The Labute approximate surface area is 126 Å². The van der Waals surface area contributed by atoms with Gasteiger partial charge in [0.1, 0.15) is 5.75 Å². The number of hydrogen-bond donors (Lipinski definition) is 1. The first kappa shape index (κ1) is 14.1. The number of nitrogens with two attached hydrogens (primary N) is 1. The summed E-state index contributed by atoms with van der Waals surface area (Å²) in [6.07, 6.45) is 1.12. The third kappa shape index (κ3) is 3.09. The normalized spacial score (nSPS) is 14.8. The number of ether oxygens (including phenoxy) is 1. The molecule has 0 spiro atoms. The summed E-state index contributed by atoms with van der Waals surface area (Å²) >= 11 is 0. The fourth-order valence-corrected chi connectivity index (χ4v) is 3.01. The Morgan fingerprint density at radius 2 is 1.95 bits per heavy atom. The van der Waals surface area contributed by atoms with Crippen LogP contribution in [-0.4, -0.2) is 18.6 Å². The van der Waals surface area contributed by atoms with E-state index in [0.717, 1.165) is 37.4 Å². The molecule has 0 amide bonds. The number of rotatable bonds is 4. The van der Waals surface area contributed by atoms with Crippen molar-refractivity contribution in [1.29, 1.82) is 0 Å². The van der Waals surface area contributed by atoms with Crippen LogP contribution in [0.25, 0.3) is 0 Å². The van der Waals surface area contributed by atoms with Gasteiger partial charge in [-0.15, -0.1) is 0 Å². The summed E-state index contributed by atoms with van der Waals surface area (Å²) in [5, 5.41) is 0. The summed E-state index contributed by atoms with van der Waals surface area (Å²) in [6, 6.07) is 14.9. The van der Waals surface area contributed by atoms with Crippen LogP contribution in [0.15, 0.2) is 42.5 Å². The van der Waals surface area contributed by atoms with Gasteiger partial charge in [-0.1, -0.05) is 30.3 Å². The second-order valence-electron chi connectivity index (χ2n) is 5.58. The monoisotopic (exact) mass is 282 g/mol. The van der Waals surface area contributed by atoms with Crippen molar-refractivity contribution >= 4 is 0 Å². The van der Waals surface area contributed by atoms with Gasteiger partial charge in [0.15, 0.2) is 0 Å². The molecule has 0 radical (unpaired) electrons. The smallest absolute Gasteiger partial charge is 0.123 e. The van der Waals surface area contributed by atoms with Gasteiger partial charge in [-0.05, 0) is 35.2 Å². The van der Waals surface area contributed by atoms with E-state index in [2.05, 4.69) is 35.2 Å². The standard InChI is InChI=1S/C18H22N2O/c1-21-18-7-6-14(11-19)10-17(18)13-20-9-8-15-4-2-3-5-16(15)12-20/h2-7,10H,8-9,11-13,19H2,1H3. The Hall–Kier alpha value is -1.84. The molecular formula is C18H22N2O. The zero-order valence-electron chi connectivity index (χ0n) is 12.5. The maximum absolute atomic E-state index is 5.75. The third-order valence-electron chi connectivity index (χ3n) is 4.18. The van der Waals surface area contributed by atoms with Crippen molar-refractivity contribution < 1.29 is 4.74 Å². The fraction of sp³-hybridized carbons (Fsp3) is 0.333. The van der Waals surface area contributed by atoms with Gasteiger partial charge in [-0.2, -0.15) is 0 Å². The predicted molar refractivity (Wildman–Crippen MR) is 85.1 cm³/mol. The highest BCUT2D eigenvalue weighted by Crippen LogP contribution is 2.25. The summed E-state index contributed by atoms with van der Waals surface area (Å²) < 4.78 is 5.49. The van der Waals surface area contributed by atoms with Crippen molar-refractivity contribution in [1.82, 2.24) is 4.90 Å². The molecule has 3 rings (SSSR count). The van der Waals surface area contributed by atoms with Crippen LogP contribution in [0.4, 0.5) is 0 Å². The number of fused-ring (bicyclic) bond motifs is 1. The molecule has 0 fully saturated rings. The summed E-state index contributed by atoms with van der Waals surface area (Å²) in [5.74, 6) is 0.950. The Bertz CT molecular complexity index is 624. The first-order valence-corrected chi connectivity index (χ1v) is 7.45. The summed E-state index contributed by atoms with van der Waals surface area (Å²) in [6.45, 7) is 3.57. The molecule has 0 saturated carbocycles. The lowest BCUT2D eigenvalue weighted by molar-refractivity contribution is 0.241. The highest BCUT2D eigenvalue weighted by molar-refractivity contribution is 5.38. The van der Waals surface area contributed by atoms with E-state index in [9.17, 15) is 0 Å². The van der Waals surface area contributed by atoms with Crippen LogP contribution in [0.1, 0.15) is 22.3 Å². The number of methoxy groups -OCH3 is 1. The van der Waals surface area contributed by atoms with Crippen LogP contribution >= 0.6 is 0 Å². The summed E-state index contributed by atoms with van der Waals surface area (Å²) in [4.78, 5) is 2.47. The summed E-state index contributed by atoms with van der Waals surface area (Å²) in [7, 11) is 1.73. The van der Waals surface area contributed by atoms with Crippen molar-refractivity contribution in [3.05, 3.63) is 64.7 Å². The van der Waals surface area contributed by atoms with Gasteiger partial charge in [0, 0.05) is 31.7 Å². The number of benzene rings is 2. The van der Waals surface area contributed by atoms with E-state index in [1.54, 1.807) is 7.11 Å². The van der Waals surface area contributed by atoms with E-state index >= 15 is 0 Å². The van der Waals surface area contributed by atoms with Crippen molar-refractivity contribution in [3.63, 3.8) is 0 Å². The lowest BCUT2D eigenvalue weighted by Crippen LogP contribution is -2.30. The highest BCUT2D eigenvalue weighted by atomic mass is 16.5. The highest BCUT2D eigenvalue weighted by Gasteiger charge is 2.17. The van der Waals surface area contributed by atoms with Gasteiger partial charge >= 0.3 is 0 Å². The lowest BCUT2D eigenvalue weighted by Gasteiger charge is -2.29. The van der Waals surface area contributed by atoms with Crippen LogP contribution in [0.5, 0.6) is 5.75 Å². The lowest BCUT2D eigenvalue weighted by atomic mass is 9.99. The van der Waals surface area contributed by atoms with Gasteiger partial charge in [0.05, 0.1) is 7.11 Å². The second-order valence-corrected chi connectivity index (χ2v) is 5.58. The fourth-order valence-electron chi connectivity index (χ4n) is 3.01. The molecule has 2 aromatic rings. The van der Waals surface area contributed by atoms with Crippen molar-refractivity contribution in [2.75, 3.05) is 13.7 Å². The van der Waals surface area contributed by atoms with Crippen molar-refractivity contribution in [2.45, 2.75) is 26.1 Å². The maximum atomic E-state index is 5.75. The first-order valence-electron chi connectivity index (χ1n) is 7.45. The molecule has 1 aliphatic rings.